The average Bonchev–Trinajstić information content (AvgIpc) is 2.55. The molecule has 0 unspecified atom stereocenters. The number of likely N-dealkylation sites (tertiary alicyclic amines) is 1. The molecule has 1 aromatic carbocycles. The van der Waals surface area contributed by atoms with Crippen molar-refractivity contribution in [3.63, 3.8) is 0 Å². The van der Waals surface area contributed by atoms with Crippen molar-refractivity contribution < 1.29 is 14.4 Å². The van der Waals surface area contributed by atoms with Crippen molar-refractivity contribution in [3.8, 4) is 0 Å². The van der Waals surface area contributed by atoms with Crippen LogP contribution in [0.2, 0.25) is 0 Å². The molecule has 1 aliphatic rings. The Kier molecular flexibility index (Phi) is 5.53. The van der Waals surface area contributed by atoms with Gasteiger partial charge in [0.05, 0.1) is 0 Å². The van der Waals surface area contributed by atoms with Gasteiger partial charge in [-0.05, 0) is 38.8 Å². The Morgan fingerprint density at radius 2 is 1.83 bits per heavy atom. The summed E-state index contributed by atoms with van der Waals surface area (Å²) in [5, 5.41) is 0. The molecule has 0 bridgehead atoms. The van der Waals surface area contributed by atoms with Gasteiger partial charge in [0.2, 0.25) is 11.8 Å². The van der Waals surface area contributed by atoms with Crippen molar-refractivity contribution in [2.24, 2.45) is 5.92 Å². The Hall–Kier alpha value is -2.17. The summed E-state index contributed by atoms with van der Waals surface area (Å²) >= 11 is 0. The van der Waals surface area contributed by atoms with Crippen LogP contribution in [0.25, 0.3) is 0 Å². The Balaban J connectivity index is 2.12. The predicted molar refractivity (Wildman–Crippen MR) is 89.5 cm³/mol. The van der Waals surface area contributed by atoms with Crippen LogP contribution in [-0.4, -0.2) is 42.1 Å². The van der Waals surface area contributed by atoms with E-state index in [2.05, 4.69) is 0 Å². The number of ketones is 1. The number of amides is 2. The van der Waals surface area contributed by atoms with Gasteiger partial charge in [-0.25, -0.2) is 0 Å². The Labute approximate surface area is 137 Å². The standard InChI is InChI=1S/C18H24N2O3/c1-4-20(17-7-5-6-16(12-17)13(2)21)18(23)15-8-10-19(11-9-15)14(3)22/h5-7,12,15H,4,8-11H2,1-3H3. The van der Waals surface area contributed by atoms with Crippen LogP contribution in [0.4, 0.5) is 5.69 Å². The van der Waals surface area contributed by atoms with E-state index in [1.54, 1.807) is 34.9 Å². The lowest BCUT2D eigenvalue weighted by Crippen LogP contribution is -2.44. The van der Waals surface area contributed by atoms with Crippen LogP contribution in [0.1, 0.15) is 44.0 Å². The lowest BCUT2D eigenvalue weighted by atomic mass is 9.95. The summed E-state index contributed by atoms with van der Waals surface area (Å²) < 4.78 is 0. The highest BCUT2D eigenvalue weighted by Crippen LogP contribution is 2.24. The zero-order chi connectivity index (χ0) is 17.0. The van der Waals surface area contributed by atoms with Crippen LogP contribution >= 0.6 is 0 Å². The third-order valence-electron chi connectivity index (χ3n) is 4.44. The van der Waals surface area contributed by atoms with Crippen molar-refractivity contribution in [1.82, 2.24) is 4.90 Å². The van der Waals surface area contributed by atoms with Crippen LogP contribution in [0.5, 0.6) is 0 Å². The molecule has 0 N–H and O–H groups in total. The number of rotatable bonds is 4. The smallest absolute Gasteiger partial charge is 0.230 e. The number of carbonyl (C=O) groups excluding carboxylic acids is 3. The van der Waals surface area contributed by atoms with Crippen molar-refractivity contribution in [2.45, 2.75) is 33.6 Å². The fourth-order valence-electron chi connectivity index (χ4n) is 3.02. The highest BCUT2D eigenvalue weighted by Gasteiger charge is 2.29. The van der Waals surface area contributed by atoms with Crippen molar-refractivity contribution >= 4 is 23.3 Å². The zero-order valence-corrected chi connectivity index (χ0v) is 14.0. The fraction of sp³-hybridized carbons (Fsp3) is 0.500. The SMILES string of the molecule is CCN(C(=O)C1CCN(C(C)=O)CC1)c1cccc(C(C)=O)c1. The van der Waals surface area contributed by atoms with Crippen LogP contribution in [0.15, 0.2) is 24.3 Å². The van der Waals surface area contributed by atoms with Gasteiger partial charge in [0.1, 0.15) is 0 Å². The van der Waals surface area contributed by atoms with Gasteiger partial charge in [0, 0.05) is 43.7 Å². The van der Waals surface area contributed by atoms with Gasteiger partial charge in [-0.15, -0.1) is 0 Å². The second-order valence-corrected chi connectivity index (χ2v) is 5.97. The van der Waals surface area contributed by atoms with Gasteiger partial charge in [0.15, 0.2) is 5.78 Å². The van der Waals surface area contributed by atoms with Gasteiger partial charge in [-0.2, -0.15) is 0 Å². The van der Waals surface area contributed by atoms with Gasteiger partial charge in [-0.3, -0.25) is 14.4 Å². The third kappa shape index (κ3) is 3.97. The summed E-state index contributed by atoms with van der Waals surface area (Å²) in [6, 6.07) is 7.20. The fourth-order valence-corrected chi connectivity index (χ4v) is 3.02. The molecule has 0 spiro atoms. The Morgan fingerprint density at radius 3 is 2.35 bits per heavy atom. The molecule has 0 atom stereocenters. The molecule has 2 amide bonds. The number of nitrogens with zero attached hydrogens (tertiary/aromatic N) is 2. The topological polar surface area (TPSA) is 57.7 Å². The number of hydrogen-bond donors (Lipinski definition) is 0. The maximum absolute atomic E-state index is 12.8. The first-order chi connectivity index (χ1) is 10.9. The predicted octanol–water partition coefficient (Wildman–Crippen LogP) is 2.50. The van der Waals surface area contributed by atoms with Gasteiger partial charge < -0.3 is 9.80 Å². The molecular formula is C18H24N2O3. The summed E-state index contributed by atoms with van der Waals surface area (Å²) in [5.74, 6) is 0.0745. The molecule has 2 rings (SSSR count). The summed E-state index contributed by atoms with van der Waals surface area (Å²) in [6.45, 7) is 6.85. The van der Waals surface area contributed by atoms with Gasteiger partial charge in [-0.1, -0.05) is 12.1 Å². The molecule has 0 saturated carbocycles. The molecule has 5 heteroatoms. The van der Waals surface area contributed by atoms with E-state index in [1.165, 1.54) is 6.92 Å². The summed E-state index contributed by atoms with van der Waals surface area (Å²) in [4.78, 5) is 39.3. The largest absolute Gasteiger partial charge is 0.343 e. The van der Waals surface area contributed by atoms with E-state index in [1.807, 2.05) is 13.0 Å². The molecular weight excluding hydrogens is 292 g/mol. The van der Waals surface area contributed by atoms with E-state index in [9.17, 15) is 14.4 Å². The molecule has 1 fully saturated rings. The average molecular weight is 316 g/mol. The first-order valence-electron chi connectivity index (χ1n) is 8.12. The molecule has 1 aromatic rings. The highest BCUT2D eigenvalue weighted by molar-refractivity contribution is 5.98. The second-order valence-electron chi connectivity index (χ2n) is 5.97. The van der Waals surface area contributed by atoms with Crippen LogP contribution in [-0.2, 0) is 9.59 Å². The van der Waals surface area contributed by atoms with Crippen LogP contribution < -0.4 is 4.90 Å². The number of hydrogen-bond acceptors (Lipinski definition) is 3. The first-order valence-corrected chi connectivity index (χ1v) is 8.12. The number of anilines is 1. The lowest BCUT2D eigenvalue weighted by Gasteiger charge is -2.33. The molecule has 0 aliphatic carbocycles. The number of benzene rings is 1. The van der Waals surface area contributed by atoms with Gasteiger partial charge >= 0.3 is 0 Å². The van der Waals surface area contributed by atoms with E-state index in [0.29, 0.717) is 38.0 Å². The second kappa shape index (κ2) is 7.40. The molecule has 124 valence electrons. The van der Waals surface area contributed by atoms with Crippen LogP contribution in [0, 0.1) is 5.92 Å². The van der Waals surface area contributed by atoms with Crippen LogP contribution in [0.3, 0.4) is 0 Å². The molecule has 1 heterocycles. The monoisotopic (exact) mass is 316 g/mol. The van der Waals surface area contributed by atoms with E-state index < -0.39 is 0 Å². The van der Waals surface area contributed by atoms with Crippen molar-refractivity contribution in [1.29, 1.82) is 0 Å². The minimum atomic E-state index is -0.0634. The lowest BCUT2D eigenvalue weighted by molar-refractivity contribution is -0.133. The van der Waals surface area contributed by atoms with E-state index in [-0.39, 0.29) is 23.5 Å². The molecule has 5 nitrogen and oxygen atoms in total. The quantitative estimate of drug-likeness (QED) is 0.802. The zero-order valence-electron chi connectivity index (χ0n) is 14.0. The molecule has 0 aromatic heterocycles. The maximum atomic E-state index is 12.8. The highest BCUT2D eigenvalue weighted by atomic mass is 16.2. The maximum Gasteiger partial charge on any atom is 0.230 e. The van der Waals surface area contributed by atoms with E-state index in [4.69, 9.17) is 0 Å². The number of piperidine rings is 1. The third-order valence-corrected chi connectivity index (χ3v) is 4.44. The summed E-state index contributed by atoms with van der Waals surface area (Å²) in [6.07, 6.45) is 1.39. The molecule has 1 aliphatic heterocycles. The number of carbonyl (C=O) groups is 3. The summed E-state index contributed by atoms with van der Waals surface area (Å²) in [7, 11) is 0. The summed E-state index contributed by atoms with van der Waals surface area (Å²) in [5.41, 5.74) is 1.37. The Morgan fingerprint density at radius 1 is 1.17 bits per heavy atom. The molecule has 1 saturated heterocycles. The first kappa shape index (κ1) is 17.2. The van der Waals surface area contributed by atoms with Crippen molar-refractivity contribution in [2.75, 3.05) is 24.5 Å². The van der Waals surface area contributed by atoms with E-state index in [0.717, 1.165) is 5.69 Å². The van der Waals surface area contributed by atoms with Gasteiger partial charge in [0.25, 0.3) is 0 Å². The minimum Gasteiger partial charge on any atom is -0.343 e. The Bertz CT molecular complexity index is 604. The molecule has 23 heavy (non-hydrogen) atoms. The van der Waals surface area contributed by atoms with Crippen molar-refractivity contribution in [3.05, 3.63) is 29.8 Å². The molecule has 0 radical (unpaired) electrons. The number of Topliss-reactive ketones (excluding diaryl/α,β-unsaturated/α-hetero) is 1. The normalized spacial score (nSPS) is 15.3. The van der Waals surface area contributed by atoms with E-state index >= 15 is 0 Å². The minimum absolute atomic E-state index is 0.00915.